The lowest BCUT2D eigenvalue weighted by molar-refractivity contribution is -0.151. The van der Waals surface area contributed by atoms with E-state index in [0.717, 1.165) is 31.2 Å². The first-order valence-corrected chi connectivity index (χ1v) is 9.13. The Labute approximate surface area is 143 Å². The molecule has 2 bridgehead atoms. The Morgan fingerprint density at radius 2 is 1.83 bits per heavy atom. The second-order valence-electron chi connectivity index (χ2n) is 8.45. The van der Waals surface area contributed by atoms with E-state index in [-0.39, 0.29) is 34.5 Å². The Morgan fingerprint density at radius 3 is 2.38 bits per heavy atom. The lowest BCUT2D eigenvalue weighted by Crippen LogP contribution is -2.56. The number of Topliss-reactive ketones (excluding diaryl/α,β-unsaturated/α-hetero) is 1. The van der Waals surface area contributed by atoms with Crippen molar-refractivity contribution in [3.8, 4) is 11.5 Å². The molecule has 1 aromatic rings. The van der Waals surface area contributed by atoms with Gasteiger partial charge in [-0.15, -0.1) is 0 Å². The summed E-state index contributed by atoms with van der Waals surface area (Å²) in [5.74, 6) is 1.44. The summed E-state index contributed by atoms with van der Waals surface area (Å²) in [5, 5.41) is 21.3. The van der Waals surface area contributed by atoms with Crippen molar-refractivity contribution < 1.29 is 15.0 Å². The fourth-order valence-corrected chi connectivity index (χ4v) is 5.35. The highest BCUT2D eigenvalue weighted by Gasteiger charge is 2.59. The van der Waals surface area contributed by atoms with Crippen molar-refractivity contribution in [1.82, 2.24) is 0 Å². The maximum atomic E-state index is 12.4. The first-order chi connectivity index (χ1) is 11.4. The van der Waals surface area contributed by atoms with E-state index in [4.69, 9.17) is 0 Å². The number of carbonyl (C=O) groups excluding carboxylic acids is 1. The van der Waals surface area contributed by atoms with Crippen LogP contribution in [0.5, 0.6) is 11.5 Å². The topological polar surface area (TPSA) is 57.5 Å². The van der Waals surface area contributed by atoms with Gasteiger partial charge in [0.05, 0.1) is 0 Å². The molecule has 4 aliphatic rings. The van der Waals surface area contributed by atoms with Gasteiger partial charge >= 0.3 is 0 Å². The highest BCUT2D eigenvalue weighted by atomic mass is 16.3. The molecular formula is C21H26O3. The second kappa shape index (κ2) is 5.37. The quantitative estimate of drug-likeness (QED) is 0.778. The van der Waals surface area contributed by atoms with Gasteiger partial charge in [-0.25, -0.2) is 0 Å². The number of allylic oxidation sites excluding steroid dienone is 2. The Kier molecular flexibility index (Phi) is 3.52. The lowest BCUT2D eigenvalue weighted by Gasteiger charge is -2.59. The molecule has 0 saturated heterocycles. The van der Waals surface area contributed by atoms with E-state index in [1.807, 2.05) is 12.1 Å². The van der Waals surface area contributed by atoms with Crippen LogP contribution in [0.3, 0.4) is 0 Å². The van der Waals surface area contributed by atoms with Gasteiger partial charge in [-0.2, -0.15) is 0 Å². The molecule has 3 fully saturated rings. The van der Waals surface area contributed by atoms with Crippen molar-refractivity contribution in [3.05, 3.63) is 35.4 Å². The van der Waals surface area contributed by atoms with E-state index >= 15 is 0 Å². The number of ketones is 1. The van der Waals surface area contributed by atoms with Crippen molar-refractivity contribution in [1.29, 1.82) is 0 Å². The van der Waals surface area contributed by atoms with Crippen molar-refractivity contribution in [2.75, 3.05) is 0 Å². The van der Waals surface area contributed by atoms with Gasteiger partial charge in [-0.3, -0.25) is 4.79 Å². The smallest absolute Gasteiger partial charge is 0.137 e. The predicted octanol–water partition coefficient (Wildman–Crippen LogP) is 4.64. The number of fused-ring (bicyclic) bond motifs is 2. The summed E-state index contributed by atoms with van der Waals surface area (Å²) in [6.45, 7) is 4.29. The molecule has 4 atom stereocenters. The fourth-order valence-electron chi connectivity index (χ4n) is 5.35. The van der Waals surface area contributed by atoms with Crippen LogP contribution in [0.1, 0.15) is 68.9 Å². The molecule has 0 amide bonds. The molecule has 0 aliphatic heterocycles. The molecule has 24 heavy (non-hydrogen) atoms. The molecule has 4 unspecified atom stereocenters. The summed E-state index contributed by atoms with van der Waals surface area (Å²) in [4.78, 5) is 12.4. The molecule has 1 aromatic carbocycles. The van der Waals surface area contributed by atoms with Gasteiger partial charge in [-0.05, 0) is 60.6 Å². The SMILES string of the molecule is CC1(C)C2CC1C(c1c(O)cc(C3CC=CCC3)cc1O)CC2=O. The van der Waals surface area contributed by atoms with Crippen LogP contribution in [0.2, 0.25) is 0 Å². The largest absolute Gasteiger partial charge is 0.508 e. The zero-order valence-electron chi connectivity index (χ0n) is 14.5. The molecule has 3 heteroatoms. The zero-order valence-corrected chi connectivity index (χ0v) is 14.5. The summed E-state index contributed by atoms with van der Waals surface area (Å²) >= 11 is 0. The number of hydrogen-bond acceptors (Lipinski definition) is 3. The summed E-state index contributed by atoms with van der Waals surface area (Å²) in [5.41, 5.74) is 1.58. The summed E-state index contributed by atoms with van der Waals surface area (Å²) in [7, 11) is 0. The first kappa shape index (κ1) is 15.7. The van der Waals surface area contributed by atoms with Crippen LogP contribution >= 0.6 is 0 Å². The van der Waals surface area contributed by atoms with Crippen molar-refractivity contribution in [3.63, 3.8) is 0 Å². The molecule has 3 nitrogen and oxygen atoms in total. The zero-order chi connectivity index (χ0) is 17.1. The summed E-state index contributed by atoms with van der Waals surface area (Å²) in [6.07, 6.45) is 8.75. The molecule has 4 aliphatic carbocycles. The van der Waals surface area contributed by atoms with Gasteiger partial charge in [-0.1, -0.05) is 26.0 Å². The van der Waals surface area contributed by atoms with Crippen LogP contribution in [-0.4, -0.2) is 16.0 Å². The van der Waals surface area contributed by atoms with E-state index in [1.54, 1.807) is 0 Å². The van der Waals surface area contributed by atoms with Gasteiger partial charge in [0.1, 0.15) is 17.3 Å². The van der Waals surface area contributed by atoms with Crippen LogP contribution in [0, 0.1) is 17.3 Å². The molecule has 0 aromatic heterocycles. The minimum atomic E-state index is -0.0576. The monoisotopic (exact) mass is 326 g/mol. The van der Waals surface area contributed by atoms with Crippen molar-refractivity contribution in [2.45, 2.75) is 57.8 Å². The Morgan fingerprint density at radius 1 is 1.12 bits per heavy atom. The molecule has 0 spiro atoms. The molecule has 0 heterocycles. The van der Waals surface area contributed by atoms with Crippen LogP contribution in [0.15, 0.2) is 24.3 Å². The fraction of sp³-hybridized carbons (Fsp3) is 0.571. The Bertz CT molecular complexity index is 693. The number of aromatic hydroxyl groups is 2. The maximum Gasteiger partial charge on any atom is 0.137 e. The van der Waals surface area contributed by atoms with Crippen LogP contribution in [-0.2, 0) is 4.79 Å². The van der Waals surface area contributed by atoms with Crippen molar-refractivity contribution >= 4 is 5.78 Å². The number of carbonyl (C=O) groups is 1. The number of phenols is 2. The highest BCUT2D eigenvalue weighted by molar-refractivity contribution is 5.86. The number of rotatable bonds is 2. The third kappa shape index (κ3) is 2.21. The van der Waals surface area contributed by atoms with Gasteiger partial charge in [0.15, 0.2) is 0 Å². The molecule has 3 saturated carbocycles. The van der Waals surface area contributed by atoms with Crippen LogP contribution in [0.25, 0.3) is 0 Å². The number of hydrogen-bond donors (Lipinski definition) is 2. The normalized spacial score (nSPS) is 34.0. The summed E-state index contributed by atoms with van der Waals surface area (Å²) in [6, 6.07) is 3.64. The molecule has 128 valence electrons. The lowest BCUT2D eigenvalue weighted by atomic mass is 9.44. The van der Waals surface area contributed by atoms with Gasteiger partial charge in [0.2, 0.25) is 0 Å². The molecular weight excluding hydrogens is 300 g/mol. The summed E-state index contributed by atoms with van der Waals surface area (Å²) < 4.78 is 0. The third-order valence-corrected chi connectivity index (χ3v) is 6.91. The minimum absolute atomic E-state index is 0.0221. The number of phenolic OH excluding ortho intramolecular Hbond substituents is 2. The van der Waals surface area contributed by atoms with E-state index < -0.39 is 0 Å². The van der Waals surface area contributed by atoms with E-state index in [0.29, 0.717) is 23.8 Å². The predicted molar refractivity (Wildman–Crippen MR) is 93.2 cm³/mol. The van der Waals surface area contributed by atoms with E-state index in [9.17, 15) is 15.0 Å². The molecule has 2 N–H and O–H groups in total. The maximum absolute atomic E-state index is 12.4. The average molecular weight is 326 g/mol. The average Bonchev–Trinajstić information content (AvgIpc) is 2.54. The minimum Gasteiger partial charge on any atom is -0.508 e. The van der Waals surface area contributed by atoms with Crippen LogP contribution in [0.4, 0.5) is 0 Å². The van der Waals surface area contributed by atoms with Crippen molar-refractivity contribution in [2.24, 2.45) is 17.3 Å². The highest BCUT2D eigenvalue weighted by Crippen LogP contribution is 2.64. The van der Waals surface area contributed by atoms with E-state index in [2.05, 4.69) is 26.0 Å². The Balaban J connectivity index is 1.69. The second-order valence-corrected chi connectivity index (χ2v) is 8.45. The van der Waals surface area contributed by atoms with Gasteiger partial charge in [0, 0.05) is 23.8 Å². The van der Waals surface area contributed by atoms with Gasteiger partial charge < -0.3 is 10.2 Å². The van der Waals surface area contributed by atoms with E-state index in [1.165, 1.54) is 0 Å². The molecule has 0 radical (unpaired) electrons. The standard InChI is InChI=1S/C21H26O3/c1-21(2)15-11-16(21)17(22)10-14(15)20-18(23)8-13(9-19(20)24)12-6-4-3-5-7-12/h3-4,8-9,12,14-16,23-24H,5-7,10-11H2,1-2H3. The third-order valence-electron chi connectivity index (χ3n) is 6.91. The Hall–Kier alpha value is -1.77. The van der Waals surface area contributed by atoms with Crippen LogP contribution < -0.4 is 0 Å². The number of benzene rings is 1. The molecule has 5 rings (SSSR count). The van der Waals surface area contributed by atoms with Gasteiger partial charge in [0.25, 0.3) is 0 Å². The first-order valence-electron chi connectivity index (χ1n) is 9.13.